The number of carbonyl (C=O) groups excluding carboxylic acids is 1. The van der Waals surface area contributed by atoms with E-state index in [0.717, 1.165) is 47.9 Å². The molecule has 1 heterocycles. The summed E-state index contributed by atoms with van der Waals surface area (Å²) in [5.74, 6) is 1.88. The summed E-state index contributed by atoms with van der Waals surface area (Å²) in [5.41, 5.74) is 5.76. The minimum absolute atomic E-state index is 0.137. The lowest BCUT2D eigenvalue weighted by atomic mass is 9.89. The van der Waals surface area contributed by atoms with Crippen LogP contribution in [0.4, 0.5) is 5.69 Å². The normalized spacial score (nSPS) is 17.5. The average molecular weight is 507 g/mol. The van der Waals surface area contributed by atoms with E-state index in [2.05, 4.69) is 33.0 Å². The Balaban J connectivity index is 1.47. The van der Waals surface area contributed by atoms with Gasteiger partial charge in [-0.15, -0.1) is 10.2 Å². The van der Waals surface area contributed by atoms with Crippen LogP contribution in [0, 0.1) is 5.92 Å². The number of nitrogens with one attached hydrogen (secondary N) is 2. The smallest absolute Gasteiger partial charge is 0.253 e. The van der Waals surface area contributed by atoms with Crippen LogP contribution in [0.3, 0.4) is 0 Å². The quantitative estimate of drug-likeness (QED) is 0.281. The number of nitrogens with zero attached hydrogens (tertiary/aromatic N) is 4. The van der Waals surface area contributed by atoms with Crippen LogP contribution in [0.1, 0.15) is 52.3 Å². The second-order valence-electron chi connectivity index (χ2n) is 8.87. The summed E-state index contributed by atoms with van der Waals surface area (Å²) in [6, 6.07) is 17.8. The zero-order valence-electron chi connectivity index (χ0n) is 21.1. The van der Waals surface area contributed by atoms with Crippen molar-refractivity contribution in [2.75, 3.05) is 11.9 Å². The van der Waals surface area contributed by atoms with Crippen molar-refractivity contribution in [3.63, 3.8) is 0 Å². The van der Waals surface area contributed by atoms with Gasteiger partial charge in [-0.25, -0.2) is 5.43 Å². The van der Waals surface area contributed by atoms with Crippen molar-refractivity contribution >= 4 is 29.1 Å². The van der Waals surface area contributed by atoms with E-state index in [-0.39, 0.29) is 11.2 Å². The number of aromatic nitrogens is 3. The Labute approximate surface area is 216 Å². The van der Waals surface area contributed by atoms with Crippen molar-refractivity contribution in [1.82, 2.24) is 20.2 Å². The lowest BCUT2D eigenvalue weighted by Gasteiger charge is -2.20. The Hall–Kier alpha value is -3.33. The zero-order valence-corrected chi connectivity index (χ0v) is 21.9. The molecule has 1 saturated carbocycles. The molecule has 1 fully saturated rings. The highest BCUT2D eigenvalue weighted by molar-refractivity contribution is 8.00. The number of carbonyl (C=O) groups is 1. The van der Waals surface area contributed by atoms with Crippen LogP contribution in [-0.4, -0.2) is 38.2 Å². The lowest BCUT2D eigenvalue weighted by molar-refractivity contribution is -0.120. The monoisotopic (exact) mass is 506 g/mol. The van der Waals surface area contributed by atoms with Gasteiger partial charge in [0.05, 0.1) is 18.4 Å². The maximum Gasteiger partial charge on any atom is 0.253 e. The van der Waals surface area contributed by atoms with Crippen LogP contribution >= 0.6 is 11.8 Å². The molecular weight excluding hydrogens is 472 g/mol. The second-order valence-corrected chi connectivity index (χ2v) is 10.2. The van der Waals surface area contributed by atoms with Crippen LogP contribution in [0.25, 0.3) is 5.69 Å². The molecule has 3 aromatic rings. The van der Waals surface area contributed by atoms with Crippen molar-refractivity contribution in [2.24, 2.45) is 11.0 Å². The Morgan fingerprint density at radius 3 is 2.67 bits per heavy atom. The molecule has 0 bridgehead atoms. The summed E-state index contributed by atoms with van der Waals surface area (Å²) in [6.07, 6.45) is 4.45. The predicted octanol–water partition coefficient (Wildman–Crippen LogP) is 5.44. The minimum Gasteiger partial charge on any atom is -0.494 e. The first-order valence-corrected chi connectivity index (χ1v) is 13.4. The molecule has 2 N–H and O–H groups in total. The fourth-order valence-corrected chi connectivity index (χ4v) is 4.99. The van der Waals surface area contributed by atoms with E-state index < -0.39 is 0 Å². The number of amides is 1. The molecule has 9 heteroatoms. The fourth-order valence-electron chi connectivity index (χ4n) is 4.11. The largest absolute Gasteiger partial charge is 0.494 e. The Morgan fingerprint density at radius 2 is 1.94 bits per heavy atom. The van der Waals surface area contributed by atoms with Crippen LogP contribution in [0.5, 0.6) is 5.75 Å². The van der Waals surface area contributed by atoms with Gasteiger partial charge in [0.2, 0.25) is 0 Å². The first-order chi connectivity index (χ1) is 17.5. The van der Waals surface area contributed by atoms with Gasteiger partial charge in [-0.3, -0.25) is 9.36 Å². The molecule has 2 aromatic carbocycles. The number of hydrogen-bond acceptors (Lipinski definition) is 7. The van der Waals surface area contributed by atoms with E-state index in [9.17, 15) is 4.79 Å². The highest BCUT2D eigenvalue weighted by Gasteiger charge is 2.22. The first-order valence-electron chi connectivity index (χ1n) is 12.5. The third-order valence-electron chi connectivity index (χ3n) is 6.18. The van der Waals surface area contributed by atoms with Crippen molar-refractivity contribution < 1.29 is 9.53 Å². The van der Waals surface area contributed by atoms with Gasteiger partial charge in [-0.1, -0.05) is 43.3 Å². The van der Waals surface area contributed by atoms with Crippen molar-refractivity contribution in [3.05, 3.63) is 60.4 Å². The molecule has 0 aliphatic heterocycles. The number of ether oxygens (including phenoxy) is 1. The van der Waals surface area contributed by atoms with Gasteiger partial charge in [0.15, 0.2) is 11.0 Å². The van der Waals surface area contributed by atoms with Gasteiger partial charge in [-0.2, -0.15) is 5.10 Å². The average Bonchev–Trinajstić information content (AvgIpc) is 3.30. The topological polar surface area (TPSA) is 93.4 Å². The summed E-state index contributed by atoms with van der Waals surface area (Å²) in [4.78, 5) is 12.8. The SMILES string of the molecule is CCOc1ccc(NCc2nnc(SC(C)C(=O)N/N=C3/CCCCC3C)n2-c2ccccc2)cc1. The van der Waals surface area contributed by atoms with Gasteiger partial charge < -0.3 is 10.1 Å². The number of thioether (sulfide) groups is 1. The molecular formula is C27H34N6O2S. The molecule has 0 radical (unpaired) electrons. The third-order valence-corrected chi connectivity index (χ3v) is 7.22. The van der Waals surface area contributed by atoms with Crippen molar-refractivity contribution in [3.8, 4) is 11.4 Å². The van der Waals surface area contributed by atoms with Gasteiger partial charge in [0, 0.05) is 17.1 Å². The highest BCUT2D eigenvalue weighted by atomic mass is 32.2. The highest BCUT2D eigenvalue weighted by Crippen LogP contribution is 2.27. The molecule has 1 aromatic heterocycles. The number of hydrazone groups is 1. The molecule has 4 rings (SSSR count). The van der Waals surface area contributed by atoms with Crippen LogP contribution in [-0.2, 0) is 11.3 Å². The maximum atomic E-state index is 12.8. The van der Waals surface area contributed by atoms with Crippen LogP contribution in [0.15, 0.2) is 64.9 Å². The second kappa shape index (κ2) is 12.6. The molecule has 2 unspecified atom stereocenters. The molecule has 1 aliphatic carbocycles. The van der Waals surface area contributed by atoms with E-state index >= 15 is 0 Å². The molecule has 0 spiro atoms. The summed E-state index contributed by atoms with van der Waals surface area (Å²) >= 11 is 1.37. The number of anilines is 1. The first kappa shape index (κ1) is 25.8. The number of hydrogen-bond donors (Lipinski definition) is 2. The van der Waals surface area contributed by atoms with Gasteiger partial charge in [0.1, 0.15) is 5.75 Å². The molecule has 2 atom stereocenters. The number of para-hydroxylation sites is 1. The molecule has 1 aliphatic rings. The van der Waals surface area contributed by atoms with Crippen molar-refractivity contribution in [1.29, 1.82) is 0 Å². The van der Waals surface area contributed by atoms with Gasteiger partial charge in [-0.05, 0) is 75.4 Å². The Kier molecular flexibility index (Phi) is 9.00. The summed E-state index contributed by atoms with van der Waals surface area (Å²) in [7, 11) is 0. The lowest BCUT2D eigenvalue weighted by Crippen LogP contribution is -2.30. The zero-order chi connectivity index (χ0) is 25.3. The number of rotatable bonds is 10. The van der Waals surface area contributed by atoms with Crippen LogP contribution in [0.2, 0.25) is 0 Å². The molecule has 190 valence electrons. The summed E-state index contributed by atoms with van der Waals surface area (Å²) in [6.45, 7) is 7.12. The summed E-state index contributed by atoms with van der Waals surface area (Å²) in [5, 5.41) is 17.0. The van der Waals surface area contributed by atoms with E-state index in [1.807, 2.05) is 73.0 Å². The number of benzene rings is 2. The van der Waals surface area contributed by atoms with E-state index in [1.165, 1.54) is 18.2 Å². The Morgan fingerprint density at radius 1 is 1.17 bits per heavy atom. The molecule has 0 saturated heterocycles. The predicted molar refractivity (Wildman–Crippen MR) is 145 cm³/mol. The van der Waals surface area contributed by atoms with Crippen molar-refractivity contribution in [2.45, 2.75) is 63.4 Å². The molecule has 1 amide bonds. The van der Waals surface area contributed by atoms with E-state index in [1.54, 1.807) is 0 Å². The molecule has 8 nitrogen and oxygen atoms in total. The summed E-state index contributed by atoms with van der Waals surface area (Å²) < 4.78 is 7.51. The Bertz CT molecular complexity index is 1160. The fraction of sp³-hybridized carbons (Fsp3) is 0.407. The third kappa shape index (κ3) is 6.66. The van der Waals surface area contributed by atoms with E-state index in [0.29, 0.717) is 24.2 Å². The van der Waals surface area contributed by atoms with Gasteiger partial charge >= 0.3 is 0 Å². The standard InChI is InChI=1S/C27H34N6O2S/c1-4-35-23-16-14-21(15-17-23)28-18-25-30-32-27(33(25)22-11-6-5-7-12-22)36-20(3)26(34)31-29-24-13-9-8-10-19(24)2/h5-7,11-12,14-17,19-20,28H,4,8-10,13,18H2,1-3H3,(H,31,34)/b29-24-. The maximum absolute atomic E-state index is 12.8. The molecule has 36 heavy (non-hydrogen) atoms. The van der Waals surface area contributed by atoms with Gasteiger partial charge in [0.25, 0.3) is 5.91 Å². The van der Waals surface area contributed by atoms with E-state index in [4.69, 9.17) is 4.74 Å². The minimum atomic E-state index is -0.383. The van der Waals surface area contributed by atoms with Crippen LogP contribution < -0.4 is 15.5 Å².